The second-order valence-corrected chi connectivity index (χ2v) is 1.92. The molecule has 0 rings (SSSR count). The third-order valence-electron chi connectivity index (χ3n) is 1.29. The molecule has 0 bridgehead atoms. The van der Waals surface area contributed by atoms with Gasteiger partial charge in [-0.3, -0.25) is 4.79 Å². The van der Waals surface area contributed by atoms with Gasteiger partial charge in [-0.05, 0) is 12.5 Å². The van der Waals surface area contributed by atoms with Gasteiger partial charge in [-0.2, -0.15) is 0 Å². The third kappa shape index (κ3) is 5.85. The Balaban J connectivity index is 0. The van der Waals surface area contributed by atoms with Gasteiger partial charge >= 0.3 is 0 Å². The van der Waals surface area contributed by atoms with Gasteiger partial charge in [0.05, 0.1) is 0 Å². The van der Waals surface area contributed by atoms with Gasteiger partial charge in [-0.15, -0.1) is 0 Å². The Bertz CT molecular complexity index is 219. The summed E-state index contributed by atoms with van der Waals surface area (Å²) in [6, 6.07) is 0. The lowest BCUT2D eigenvalue weighted by molar-refractivity contribution is -0.104. The molecule has 72 valence electrons. The van der Waals surface area contributed by atoms with Crippen molar-refractivity contribution in [3.8, 4) is 0 Å². The number of hydrogen-bond donors (Lipinski definition) is 0. The molecule has 0 radical (unpaired) electrons. The third-order valence-corrected chi connectivity index (χ3v) is 1.29. The van der Waals surface area contributed by atoms with Crippen LogP contribution < -0.4 is 0 Å². The van der Waals surface area contributed by atoms with Crippen molar-refractivity contribution in [1.82, 2.24) is 0 Å². The number of rotatable bonds is 4. The molecule has 0 saturated carbocycles. The van der Waals surface area contributed by atoms with Crippen molar-refractivity contribution in [2.75, 3.05) is 0 Å². The molecule has 0 saturated heterocycles. The lowest BCUT2D eigenvalue weighted by Crippen LogP contribution is -1.86. The van der Waals surface area contributed by atoms with Crippen molar-refractivity contribution >= 4 is 6.29 Å². The summed E-state index contributed by atoms with van der Waals surface area (Å²) in [6.07, 6.45) is 7.50. The summed E-state index contributed by atoms with van der Waals surface area (Å²) in [6.45, 7) is 12.9. The van der Waals surface area contributed by atoms with E-state index in [4.69, 9.17) is 0 Å². The molecule has 0 amide bonds. The van der Waals surface area contributed by atoms with E-state index in [-0.39, 0.29) is 0 Å². The number of allylic oxidation sites excluding steroid dienone is 6. The maximum absolute atomic E-state index is 10.4. The van der Waals surface area contributed by atoms with Crippen LogP contribution in [0.2, 0.25) is 0 Å². The van der Waals surface area contributed by atoms with Crippen LogP contribution in [0.25, 0.3) is 0 Å². The fourth-order valence-corrected chi connectivity index (χ4v) is 0.733. The molecule has 0 aromatic rings. The fourth-order valence-electron chi connectivity index (χ4n) is 0.733. The Hall–Kier alpha value is -1.37. The predicted octanol–water partition coefficient (Wildman–Crippen LogP) is 3.46. The topological polar surface area (TPSA) is 17.1 Å². The second-order valence-electron chi connectivity index (χ2n) is 1.92. The van der Waals surface area contributed by atoms with Gasteiger partial charge in [0.25, 0.3) is 0 Å². The van der Waals surface area contributed by atoms with E-state index in [1.165, 1.54) is 0 Å². The molecule has 0 aliphatic rings. The Morgan fingerprint density at radius 1 is 1.15 bits per heavy atom. The van der Waals surface area contributed by atoms with Crippen molar-refractivity contribution in [2.24, 2.45) is 0 Å². The SMILES string of the molecule is C=C/C=C(C=O)\C(C=C)=C/C.CC. The lowest BCUT2D eigenvalue weighted by atomic mass is 10.1. The zero-order chi connectivity index (χ0) is 10.7. The molecule has 0 aliphatic heterocycles. The molecule has 0 heterocycles. The van der Waals surface area contributed by atoms with E-state index in [1.54, 1.807) is 18.2 Å². The molecule has 1 heteroatoms. The van der Waals surface area contributed by atoms with Crippen molar-refractivity contribution in [3.63, 3.8) is 0 Å². The van der Waals surface area contributed by atoms with Gasteiger partial charge in [-0.25, -0.2) is 0 Å². The summed E-state index contributed by atoms with van der Waals surface area (Å²) >= 11 is 0. The first kappa shape index (κ1) is 14.2. The highest BCUT2D eigenvalue weighted by molar-refractivity contribution is 5.82. The minimum Gasteiger partial charge on any atom is -0.298 e. The standard InChI is InChI=1S/C10H12O.C2H6/c1-4-7-10(8-11)9(5-2)6-3;1-2/h4-8H,1-2H2,3H3;1-2H3/b9-6-,10-7-;. The normalized spacial score (nSPS) is 11.0. The van der Waals surface area contributed by atoms with Gasteiger partial charge in [0.15, 0.2) is 6.29 Å². The maximum Gasteiger partial charge on any atom is 0.150 e. The van der Waals surface area contributed by atoms with Crippen LogP contribution in [-0.4, -0.2) is 6.29 Å². The highest BCUT2D eigenvalue weighted by Crippen LogP contribution is 2.07. The van der Waals surface area contributed by atoms with Crippen molar-refractivity contribution in [2.45, 2.75) is 20.8 Å². The quantitative estimate of drug-likeness (QED) is 0.366. The molecule has 0 spiro atoms. The summed E-state index contributed by atoms with van der Waals surface area (Å²) < 4.78 is 0. The monoisotopic (exact) mass is 178 g/mol. The molecule has 0 aliphatic carbocycles. The van der Waals surface area contributed by atoms with Crippen LogP contribution in [-0.2, 0) is 4.79 Å². The molecular weight excluding hydrogens is 160 g/mol. The number of aldehydes is 1. The molecular formula is C12H18O. The lowest BCUT2D eigenvalue weighted by Gasteiger charge is -1.96. The zero-order valence-corrected chi connectivity index (χ0v) is 8.71. The number of carbonyl (C=O) groups is 1. The summed E-state index contributed by atoms with van der Waals surface area (Å²) in [5.74, 6) is 0. The predicted molar refractivity (Wildman–Crippen MR) is 59.6 cm³/mol. The second kappa shape index (κ2) is 10.6. The molecule has 0 fully saturated rings. The van der Waals surface area contributed by atoms with Crippen LogP contribution >= 0.6 is 0 Å². The number of carbonyl (C=O) groups excluding carboxylic acids is 1. The van der Waals surface area contributed by atoms with Gasteiger partial charge in [0.2, 0.25) is 0 Å². The smallest absolute Gasteiger partial charge is 0.150 e. The molecule has 0 N–H and O–H groups in total. The summed E-state index contributed by atoms with van der Waals surface area (Å²) in [5.41, 5.74) is 1.44. The van der Waals surface area contributed by atoms with Gasteiger partial charge in [0, 0.05) is 5.57 Å². The molecule has 0 aromatic carbocycles. The highest BCUT2D eigenvalue weighted by Gasteiger charge is 1.95. The van der Waals surface area contributed by atoms with Gasteiger partial charge in [-0.1, -0.05) is 51.3 Å². The van der Waals surface area contributed by atoms with E-state index in [9.17, 15) is 4.79 Å². The first-order chi connectivity index (χ1) is 6.29. The van der Waals surface area contributed by atoms with E-state index >= 15 is 0 Å². The van der Waals surface area contributed by atoms with Crippen molar-refractivity contribution in [3.05, 3.63) is 48.6 Å². The van der Waals surface area contributed by atoms with Crippen LogP contribution in [0.5, 0.6) is 0 Å². The largest absolute Gasteiger partial charge is 0.298 e. The zero-order valence-electron chi connectivity index (χ0n) is 8.71. The summed E-state index contributed by atoms with van der Waals surface area (Å²) in [5, 5.41) is 0. The molecule has 0 aromatic heterocycles. The van der Waals surface area contributed by atoms with E-state index in [2.05, 4.69) is 13.2 Å². The minimum atomic E-state index is 0.609. The molecule has 1 nitrogen and oxygen atoms in total. The van der Waals surface area contributed by atoms with E-state index in [1.807, 2.05) is 26.8 Å². The Labute approximate surface area is 81.2 Å². The van der Waals surface area contributed by atoms with E-state index in [0.29, 0.717) is 5.57 Å². The average molecular weight is 178 g/mol. The van der Waals surface area contributed by atoms with Crippen LogP contribution in [0.15, 0.2) is 48.6 Å². The minimum absolute atomic E-state index is 0.609. The van der Waals surface area contributed by atoms with Gasteiger partial charge in [0.1, 0.15) is 0 Å². The Kier molecular flexibility index (Phi) is 11.6. The molecule has 13 heavy (non-hydrogen) atoms. The van der Waals surface area contributed by atoms with E-state index < -0.39 is 0 Å². The Morgan fingerprint density at radius 2 is 1.69 bits per heavy atom. The Morgan fingerprint density at radius 3 is 1.92 bits per heavy atom. The first-order valence-electron chi connectivity index (χ1n) is 4.37. The van der Waals surface area contributed by atoms with Gasteiger partial charge < -0.3 is 0 Å². The number of hydrogen-bond acceptors (Lipinski definition) is 1. The van der Waals surface area contributed by atoms with Crippen molar-refractivity contribution in [1.29, 1.82) is 0 Å². The van der Waals surface area contributed by atoms with Crippen LogP contribution in [0, 0.1) is 0 Å². The fraction of sp³-hybridized carbons (Fsp3) is 0.250. The van der Waals surface area contributed by atoms with E-state index in [0.717, 1.165) is 11.9 Å². The van der Waals surface area contributed by atoms with Crippen LogP contribution in [0.1, 0.15) is 20.8 Å². The summed E-state index contributed by atoms with van der Waals surface area (Å²) in [7, 11) is 0. The average Bonchev–Trinajstić information content (AvgIpc) is 2.21. The summed E-state index contributed by atoms with van der Waals surface area (Å²) in [4.78, 5) is 10.4. The van der Waals surface area contributed by atoms with Crippen molar-refractivity contribution < 1.29 is 4.79 Å². The van der Waals surface area contributed by atoms with Crippen LogP contribution in [0.4, 0.5) is 0 Å². The maximum atomic E-state index is 10.4. The first-order valence-corrected chi connectivity index (χ1v) is 4.37. The van der Waals surface area contributed by atoms with Crippen LogP contribution in [0.3, 0.4) is 0 Å². The molecule has 0 unspecified atom stereocenters. The molecule has 0 atom stereocenters. The highest BCUT2D eigenvalue weighted by atomic mass is 16.1.